The Kier molecular flexibility index (Phi) is 3.78. The van der Waals surface area contributed by atoms with Gasteiger partial charge in [-0.25, -0.2) is 4.79 Å². The Morgan fingerprint density at radius 1 is 1.00 bits per heavy atom. The fourth-order valence-corrected chi connectivity index (χ4v) is 5.69. The number of aryl methyl sites for hydroxylation is 2. The molecular weight excluding hydrogens is 300 g/mol. The summed E-state index contributed by atoms with van der Waals surface area (Å²) in [6.45, 7) is 3.94. The van der Waals surface area contributed by atoms with Crippen LogP contribution in [0.3, 0.4) is 0 Å². The zero-order chi connectivity index (χ0) is 16.9. The average Bonchev–Trinajstić information content (AvgIpc) is 2.53. The molecule has 4 saturated carbocycles. The predicted molar refractivity (Wildman–Crippen MR) is 91.8 cm³/mol. The lowest BCUT2D eigenvalue weighted by molar-refractivity contribution is -0.147. The van der Waals surface area contributed by atoms with Crippen molar-refractivity contribution in [2.24, 2.45) is 23.2 Å². The summed E-state index contributed by atoms with van der Waals surface area (Å²) in [5.74, 6) is 1.98. The van der Waals surface area contributed by atoms with Gasteiger partial charge in [-0.15, -0.1) is 0 Å². The number of ketones is 1. The smallest absolute Gasteiger partial charge is 0.338 e. The predicted octanol–water partition coefficient (Wildman–Crippen LogP) is 4.25. The molecule has 1 aromatic carbocycles. The van der Waals surface area contributed by atoms with Gasteiger partial charge >= 0.3 is 5.97 Å². The number of Topliss-reactive ketones (excluding diaryl/α,β-unsaturated/α-hetero) is 1. The number of carbonyl (C=O) groups excluding carboxylic acids is 2. The molecule has 128 valence electrons. The first-order chi connectivity index (χ1) is 11.4. The lowest BCUT2D eigenvalue weighted by atomic mass is 9.48. The number of hydrogen-bond acceptors (Lipinski definition) is 3. The molecule has 0 N–H and O–H groups in total. The maximum absolute atomic E-state index is 12.9. The van der Waals surface area contributed by atoms with Crippen LogP contribution in [0.15, 0.2) is 18.2 Å². The maximum Gasteiger partial charge on any atom is 0.338 e. The second-order valence-electron chi connectivity index (χ2n) is 8.50. The normalized spacial score (nSPS) is 33.5. The van der Waals surface area contributed by atoms with Crippen LogP contribution in [0, 0.1) is 37.0 Å². The third-order valence-electron chi connectivity index (χ3n) is 6.71. The molecule has 4 fully saturated rings. The highest BCUT2D eigenvalue weighted by Crippen LogP contribution is 2.60. The minimum Gasteiger partial charge on any atom is -0.454 e. The number of hydrogen-bond donors (Lipinski definition) is 0. The highest BCUT2D eigenvalue weighted by atomic mass is 16.5. The van der Waals surface area contributed by atoms with E-state index in [4.69, 9.17) is 4.74 Å². The van der Waals surface area contributed by atoms with Crippen LogP contribution >= 0.6 is 0 Å². The number of rotatable bonds is 4. The van der Waals surface area contributed by atoms with Gasteiger partial charge in [0, 0.05) is 5.41 Å². The molecule has 0 aliphatic heterocycles. The molecule has 0 saturated heterocycles. The Morgan fingerprint density at radius 2 is 1.58 bits per heavy atom. The molecule has 4 aliphatic carbocycles. The first-order valence-electron chi connectivity index (χ1n) is 9.23. The van der Waals surface area contributed by atoms with Crippen molar-refractivity contribution < 1.29 is 14.3 Å². The Hall–Kier alpha value is -1.64. The topological polar surface area (TPSA) is 43.4 Å². The van der Waals surface area contributed by atoms with Crippen molar-refractivity contribution in [3.63, 3.8) is 0 Å². The van der Waals surface area contributed by atoms with Gasteiger partial charge in [-0.1, -0.05) is 6.07 Å². The number of benzene rings is 1. The van der Waals surface area contributed by atoms with E-state index in [1.165, 1.54) is 19.3 Å². The summed E-state index contributed by atoms with van der Waals surface area (Å²) in [4.78, 5) is 25.1. The van der Waals surface area contributed by atoms with E-state index in [1.807, 2.05) is 26.0 Å². The Labute approximate surface area is 143 Å². The summed E-state index contributed by atoms with van der Waals surface area (Å²) in [6.07, 6.45) is 7.02. The van der Waals surface area contributed by atoms with Crippen molar-refractivity contribution in [3.8, 4) is 0 Å². The van der Waals surface area contributed by atoms with Crippen LogP contribution < -0.4 is 0 Å². The van der Waals surface area contributed by atoms with Crippen LogP contribution in [0.5, 0.6) is 0 Å². The lowest BCUT2D eigenvalue weighted by Gasteiger charge is -2.55. The molecule has 1 aromatic rings. The zero-order valence-corrected chi connectivity index (χ0v) is 14.6. The SMILES string of the molecule is Cc1ccc(C(=O)OCC(=O)C23CC4CC(CC(C4)C2)C3)cc1C. The largest absolute Gasteiger partial charge is 0.454 e. The molecule has 3 nitrogen and oxygen atoms in total. The van der Waals surface area contributed by atoms with Crippen molar-refractivity contribution in [2.45, 2.75) is 52.4 Å². The van der Waals surface area contributed by atoms with E-state index in [0.717, 1.165) is 48.1 Å². The summed E-state index contributed by atoms with van der Waals surface area (Å²) in [7, 11) is 0. The van der Waals surface area contributed by atoms with Gasteiger partial charge in [-0.05, 0) is 93.4 Å². The summed E-state index contributed by atoms with van der Waals surface area (Å²) in [5.41, 5.74) is 2.57. The van der Waals surface area contributed by atoms with Crippen molar-refractivity contribution in [3.05, 3.63) is 34.9 Å². The van der Waals surface area contributed by atoms with E-state index in [1.54, 1.807) is 6.07 Å². The fourth-order valence-electron chi connectivity index (χ4n) is 5.69. The second kappa shape index (κ2) is 5.72. The summed E-state index contributed by atoms with van der Waals surface area (Å²) < 4.78 is 5.39. The van der Waals surface area contributed by atoms with Gasteiger partial charge < -0.3 is 4.74 Å². The molecule has 4 aliphatic rings. The Bertz CT molecular complexity index is 653. The molecule has 0 amide bonds. The molecule has 24 heavy (non-hydrogen) atoms. The van der Waals surface area contributed by atoms with Gasteiger partial charge in [0.2, 0.25) is 0 Å². The van der Waals surface area contributed by atoms with E-state index in [-0.39, 0.29) is 23.8 Å². The van der Waals surface area contributed by atoms with E-state index < -0.39 is 0 Å². The molecule has 0 heterocycles. The first-order valence-corrected chi connectivity index (χ1v) is 9.23. The summed E-state index contributed by atoms with van der Waals surface area (Å²) in [6, 6.07) is 5.54. The summed E-state index contributed by atoms with van der Waals surface area (Å²) in [5, 5.41) is 0. The molecular formula is C21H26O3. The lowest BCUT2D eigenvalue weighted by Crippen LogP contribution is -2.51. The highest BCUT2D eigenvalue weighted by molar-refractivity contribution is 5.93. The molecule has 0 aromatic heterocycles. The molecule has 0 radical (unpaired) electrons. The highest BCUT2D eigenvalue weighted by Gasteiger charge is 2.54. The first kappa shape index (κ1) is 15.9. The van der Waals surface area contributed by atoms with Gasteiger partial charge in [-0.3, -0.25) is 4.79 Å². The van der Waals surface area contributed by atoms with Gasteiger partial charge in [0.1, 0.15) is 0 Å². The quantitative estimate of drug-likeness (QED) is 0.777. The van der Waals surface area contributed by atoms with Crippen LogP contribution in [0.25, 0.3) is 0 Å². The van der Waals surface area contributed by atoms with Crippen molar-refractivity contribution in [1.82, 2.24) is 0 Å². The average molecular weight is 326 g/mol. The van der Waals surface area contributed by atoms with Crippen molar-refractivity contribution in [2.75, 3.05) is 6.61 Å². The van der Waals surface area contributed by atoms with Gasteiger partial charge in [0.25, 0.3) is 0 Å². The third kappa shape index (κ3) is 2.68. The minimum absolute atomic E-state index is 0.0576. The molecule has 3 heteroatoms. The maximum atomic E-state index is 12.9. The molecule has 5 rings (SSSR count). The van der Waals surface area contributed by atoms with E-state index in [9.17, 15) is 9.59 Å². The minimum atomic E-state index is -0.379. The van der Waals surface area contributed by atoms with Crippen LogP contribution in [-0.4, -0.2) is 18.4 Å². The van der Waals surface area contributed by atoms with Gasteiger partial charge in [0.15, 0.2) is 12.4 Å². The van der Waals surface area contributed by atoms with E-state index >= 15 is 0 Å². The van der Waals surface area contributed by atoms with Crippen molar-refractivity contribution >= 4 is 11.8 Å². The van der Waals surface area contributed by atoms with E-state index in [0.29, 0.717) is 5.56 Å². The molecule has 0 atom stereocenters. The Balaban J connectivity index is 1.41. The van der Waals surface area contributed by atoms with Crippen molar-refractivity contribution in [1.29, 1.82) is 0 Å². The number of esters is 1. The van der Waals surface area contributed by atoms with Crippen LogP contribution in [0.1, 0.15) is 60.0 Å². The number of carbonyl (C=O) groups is 2. The summed E-state index contributed by atoms with van der Waals surface area (Å²) >= 11 is 0. The van der Waals surface area contributed by atoms with Gasteiger partial charge in [0.05, 0.1) is 5.56 Å². The monoisotopic (exact) mass is 326 g/mol. The van der Waals surface area contributed by atoms with Crippen LogP contribution in [0.2, 0.25) is 0 Å². The van der Waals surface area contributed by atoms with Crippen LogP contribution in [-0.2, 0) is 9.53 Å². The third-order valence-corrected chi connectivity index (χ3v) is 6.71. The Morgan fingerprint density at radius 3 is 2.12 bits per heavy atom. The van der Waals surface area contributed by atoms with Crippen LogP contribution in [0.4, 0.5) is 0 Å². The fraction of sp³-hybridized carbons (Fsp3) is 0.619. The number of ether oxygens (including phenoxy) is 1. The molecule has 4 bridgehead atoms. The molecule has 0 spiro atoms. The standard InChI is InChI=1S/C21H26O3/c1-13-3-4-18(5-14(13)2)20(23)24-12-19(22)21-9-15-6-16(10-21)8-17(7-15)11-21/h3-5,15-17H,6-12H2,1-2H3. The zero-order valence-electron chi connectivity index (χ0n) is 14.6. The van der Waals surface area contributed by atoms with E-state index in [2.05, 4.69) is 0 Å². The molecule has 0 unspecified atom stereocenters. The second-order valence-corrected chi connectivity index (χ2v) is 8.50. The van der Waals surface area contributed by atoms with Gasteiger partial charge in [-0.2, -0.15) is 0 Å².